The van der Waals surface area contributed by atoms with Gasteiger partial charge in [0.25, 0.3) is 0 Å². The lowest BCUT2D eigenvalue weighted by molar-refractivity contribution is -0.140. The SMILES string of the molecule is COC(=O)CCNCc1ccc2[nH]c(=O)[nH]c2c1. The number of nitrogens with one attached hydrogen (secondary N) is 3. The zero-order chi connectivity index (χ0) is 13.0. The molecule has 2 rings (SSSR count). The lowest BCUT2D eigenvalue weighted by Crippen LogP contribution is -2.18. The van der Waals surface area contributed by atoms with Gasteiger partial charge < -0.3 is 20.0 Å². The zero-order valence-corrected chi connectivity index (χ0v) is 10.1. The largest absolute Gasteiger partial charge is 0.469 e. The molecule has 0 amide bonds. The van der Waals surface area contributed by atoms with E-state index in [0.717, 1.165) is 16.6 Å². The Kier molecular flexibility index (Phi) is 3.78. The van der Waals surface area contributed by atoms with Crippen molar-refractivity contribution in [1.82, 2.24) is 15.3 Å². The van der Waals surface area contributed by atoms with Crippen LogP contribution in [0.5, 0.6) is 0 Å². The van der Waals surface area contributed by atoms with Crippen molar-refractivity contribution in [3.8, 4) is 0 Å². The number of fused-ring (bicyclic) bond motifs is 1. The van der Waals surface area contributed by atoms with E-state index < -0.39 is 0 Å². The molecule has 0 atom stereocenters. The molecule has 0 bridgehead atoms. The molecule has 6 heteroatoms. The van der Waals surface area contributed by atoms with Gasteiger partial charge in [-0.25, -0.2) is 4.79 Å². The molecule has 6 nitrogen and oxygen atoms in total. The lowest BCUT2D eigenvalue weighted by Gasteiger charge is -2.04. The Morgan fingerprint density at radius 3 is 2.89 bits per heavy atom. The molecular weight excluding hydrogens is 234 g/mol. The number of carbonyl (C=O) groups is 1. The smallest absolute Gasteiger partial charge is 0.323 e. The van der Waals surface area contributed by atoms with Gasteiger partial charge in [-0.15, -0.1) is 0 Å². The summed E-state index contributed by atoms with van der Waals surface area (Å²) in [7, 11) is 1.37. The monoisotopic (exact) mass is 249 g/mol. The minimum absolute atomic E-state index is 0.208. The number of aromatic nitrogens is 2. The summed E-state index contributed by atoms with van der Waals surface area (Å²) in [5.74, 6) is -0.229. The number of rotatable bonds is 5. The molecule has 0 aliphatic carbocycles. The topological polar surface area (TPSA) is 87.0 Å². The lowest BCUT2D eigenvalue weighted by atomic mass is 10.2. The molecule has 0 aliphatic heterocycles. The highest BCUT2D eigenvalue weighted by Crippen LogP contribution is 2.09. The van der Waals surface area contributed by atoms with Gasteiger partial charge in [-0.1, -0.05) is 6.07 Å². The summed E-state index contributed by atoms with van der Waals surface area (Å²) < 4.78 is 4.54. The van der Waals surface area contributed by atoms with Gasteiger partial charge in [0, 0.05) is 13.1 Å². The maximum atomic E-state index is 11.1. The zero-order valence-electron chi connectivity index (χ0n) is 10.1. The van der Waals surface area contributed by atoms with Crippen LogP contribution in [-0.2, 0) is 16.1 Å². The Morgan fingerprint density at radius 2 is 2.11 bits per heavy atom. The van der Waals surface area contributed by atoms with Gasteiger partial charge >= 0.3 is 11.7 Å². The number of aromatic amines is 2. The average Bonchev–Trinajstić information content (AvgIpc) is 2.73. The average molecular weight is 249 g/mol. The molecule has 0 saturated heterocycles. The van der Waals surface area contributed by atoms with Crippen LogP contribution in [0.3, 0.4) is 0 Å². The number of hydrogen-bond acceptors (Lipinski definition) is 4. The molecule has 0 aliphatic rings. The van der Waals surface area contributed by atoms with Crippen LogP contribution in [0.15, 0.2) is 23.0 Å². The van der Waals surface area contributed by atoms with Gasteiger partial charge in [0.1, 0.15) is 0 Å². The molecular formula is C12H15N3O3. The van der Waals surface area contributed by atoms with Crippen molar-refractivity contribution in [1.29, 1.82) is 0 Å². The second-order valence-corrected chi connectivity index (χ2v) is 3.96. The van der Waals surface area contributed by atoms with Gasteiger partial charge in [0.15, 0.2) is 0 Å². The number of ether oxygens (including phenoxy) is 1. The molecule has 0 unspecified atom stereocenters. The van der Waals surface area contributed by atoms with Crippen LogP contribution in [0.2, 0.25) is 0 Å². The van der Waals surface area contributed by atoms with Crippen molar-refractivity contribution in [2.45, 2.75) is 13.0 Å². The van der Waals surface area contributed by atoms with Gasteiger partial charge in [-0.05, 0) is 17.7 Å². The molecule has 0 saturated carbocycles. The van der Waals surface area contributed by atoms with Crippen LogP contribution < -0.4 is 11.0 Å². The summed E-state index contributed by atoms with van der Waals surface area (Å²) in [5, 5.41) is 3.14. The van der Waals surface area contributed by atoms with Crippen LogP contribution >= 0.6 is 0 Å². The number of benzene rings is 1. The molecule has 0 radical (unpaired) electrons. The predicted octanol–water partition coefficient (Wildman–Crippen LogP) is 0.509. The molecule has 96 valence electrons. The van der Waals surface area contributed by atoms with Crippen molar-refractivity contribution in [2.24, 2.45) is 0 Å². The van der Waals surface area contributed by atoms with E-state index >= 15 is 0 Å². The third kappa shape index (κ3) is 2.98. The number of esters is 1. The first-order chi connectivity index (χ1) is 8.69. The molecule has 1 aromatic heterocycles. The third-order valence-corrected chi connectivity index (χ3v) is 2.64. The van der Waals surface area contributed by atoms with Crippen LogP contribution in [-0.4, -0.2) is 29.6 Å². The van der Waals surface area contributed by atoms with E-state index in [9.17, 15) is 9.59 Å². The van der Waals surface area contributed by atoms with Crippen molar-refractivity contribution in [3.05, 3.63) is 34.2 Å². The quantitative estimate of drug-likeness (QED) is 0.532. The summed E-state index contributed by atoms with van der Waals surface area (Å²) >= 11 is 0. The number of methoxy groups -OCH3 is 1. The van der Waals surface area contributed by atoms with Crippen LogP contribution in [0.25, 0.3) is 11.0 Å². The van der Waals surface area contributed by atoms with E-state index in [4.69, 9.17) is 0 Å². The fourth-order valence-electron chi connectivity index (χ4n) is 1.71. The van der Waals surface area contributed by atoms with Gasteiger partial charge in [-0.2, -0.15) is 0 Å². The van der Waals surface area contributed by atoms with E-state index in [1.807, 2.05) is 18.2 Å². The maximum Gasteiger partial charge on any atom is 0.323 e. The fourth-order valence-corrected chi connectivity index (χ4v) is 1.71. The van der Waals surface area contributed by atoms with E-state index in [1.54, 1.807) is 0 Å². The number of hydrogen-bond donors (Lipinski definition) is 3. The standard InChI is InChI=1S/C12H15N3O3/c1-18-11(16)4-5-13-7-8-2-3-9-10(6-8)15-12(17)14-9/h2-3,6,13H,4-5,7H2,1H3,(H2,14,15,17). The molecule has 0 fully saturated rings. The van der Waals surface area contributed by atoms with Crippen molar-refractivity contribution >= 4 is 17.0 Å². The van der Waals surface area contributed by atoms with E-state index in [1.165, 1.54) is 7.11 Å². The fraction of sp³-hybridized carbons (Fsp3) is 0.333. The Balaban J connectivity index is 1.91. The highest BCUT2D eigenvalue weighted by Gasteiger charge is 2.01. The highest BCUT2D eigenvalue weighted by atomic mass is 16.5. The normalized spacial score (nSPS) is 10.7. The van der Waals surface area contributed by atoms with Gasteiger partial charge in [-0.3, -0.25) is 4.79 Å². The van der Waals surface area contributed by atoms with Crippen molar-refractivity contribution < 1.29 is 9.53 Å². The van der Waals surface area contributed by atoms with Crippen LogP contribution in [0, 0.1) is 0 Å². The first-order valence-electron chi connectivity index (χ1n) is 5.67. The predicted molar refractivity (Wildman–Crippen MR) is 67.3 cm³/mol. The summed E-state index contributed by atoms with van der Waals surface area (Å²) in [6.45, 7) is 1.20. The minimum atomic E-state index is -0.229. The summed E-state index contributed by atoms with van der Waals surface area (Å²) in [5.41, 5.74) is 2.41. The molecule has 3 N–H and O–H groups in total. The second kappa shape index (κ2) is 5.50. The Morgan fingerprint density at radius 1 is 1.33 bits per heavy atom. The summed E-state index contributed by atoms with van der Waals surface area (Å²) in [6.07, 6.45) is 0.347. The molecule has 1 aromatic carbocycles. The Hall–Kier alpha value is -2.08. The van der Waals surface area contributed by atoms with Crippen molar-refractivity contribution in [2.75, 3.05) is 13.7 Å². The van der Waals surface area contributed by atoms with Gasteiger partial charge in [0.05, 0.1) is 24.6 Å². The molecule has 18 heavy (non-hydrogen) atoms. The van der Waals surface area contributed by atoms with E-state index in [2.05, 4.69) is 20.0 Å². The van der Waals surface area contributed by atoms with E-state index in [0.29, 0.717) is 19.5 Å². The highest BCUT2D eigenvalue weighted by molar-refractivity contribution is 5.75. The van der Waals surface area contributed by atoms with E-state index in [-0.39, 0.29) is 11.7 Å². The number of carbonyl (C=O) groups excluding carboxylic acids is 1. The number of imidazole rings is 1. The van der Waals surface area contributed by atoms with Gasteiger partial charge in [0.2, 0.25) is 0 Å². The van der Waals surface area contributed by atoms with Crippen LogP contribution in [0.1, 0.15) is 12.0 Å². The first-order valence-corrected chi connectivity index (χ1v) is 5.67. The van der Waals surface area contributed by atoms with Crippen molar-refractivity contribution in [3.63, 3.8) is 0 Å². The van der Waals surface area contributed by atoms with Crippen LogP contribution in [0.4, 0.5) is 0 Å². The summed E-state index contributed by atoms with van der Waals surface area (Å²) in [4.78, 5) is 27.4. The second-order valence-electron chi connectivity index (χ2n) is 3.96. The summed E-state index contributed by atoms with van der Waals surface area (Å²) in [6, 6.07) is 5.68. The molecule has 2 aromatic rings. The minimum Gasteiger partial charge on any atom is -0.469 e. The number of H-pyrrole nitrogens is 2. The maximum absolute atomic E-state index is 11.1. The Bertz CT molecular complexity index is 600. The first kappa shape index (κ1) is 12.4. The molecule has 1 heterocycles. The molecule has 0 spiro atoms. The Labute approximate surface area is 103 Å². The third-order valence-electron chi connectivity index (χ3n) is 2.64.